The minimum Gasteiger partial charge on any atom is -0.492 e. The molecule has 3 aromatic rings. The van der Waals surface area contributed by atoms with E-state index in [0.717, 1.165) is 38.9 Å². The Balaban J connectivity index is 1.54. The number of carbonyl (C=O) groups excluding carboxylic acids is 1. The van der Waals surface area contributed by atoms with Crippen LogP contribution in [0.4, 0.5) is 0 Å². The summed E-state index contributed by atoms with van der Waals surface area (Å²) in [7, 11) is 1.79. The molecule has 0 bridgehead atoms. The summed E-state index contributed by atoms with van der Waals surface area (Å²) in [5, 5.41) is 9.45. The molecule has 0 N–H and O–H groups in total. The topological polar surface area (TPSA) is 60.2 Å². The van der Waals surface area contributed by atoms with Crippen molar-refractivity contribution in [2.45, 2.75) is 25.5 Å². The Hall–Kier alpha value is -2.32. The number of aromatic nitrogens is 3. The van der Waals surface area contributed by atoms with Crippen molar-refractivity contribution in [3.8, 4) is 17.1 Å². The zero-order valence-electron chi connectivity index (χ0n) is 17.3. The average molecular weight is 489 g/mol. The third-order valence-electron chi connectivity index (χ3n) is 4.68. The highest BCUT2D eigenvalue weighted by atomic mass is 79.9. The molecule has 1 amide bonds. The summed E-state index contributed by atoms with van der Waals surface area (Å²) in [5.41, 5.74) is 2.21. The van der Waals surface area contributed by atoms with Gasteiger partial charge in [-0.15, -0.1) is 10.2 Å². The van der Waals surface area contributed by atoms with E-state index in [9.17, 15) is 4.79 Å². The van der Waals surface area contributed by atoms with Gasteiger partial charge in [0.25, 0.3) is 0 Å². The Morgan fingerprint density at radius 3 is 2.60 bits per heavy atom. The number of carbonyl (C=O) groups is 1. The maximum atomic E-state index is 12.5. The Labute approximate surface area is 189 Å². The van der Waals surface area contributed by atoms with E-state index in [4.69, 9.17) is 4.74 Å². The van der Waals surface area contributed by atoms with E-state index in [0.29, 0.717) is 18.9 Å². The predicted molar refractivity (Wildman–Crippen MR) is 124 cm³/mol. The lowest BCUT2D eigenvalue weighted by molar-refractivity contribution is -0.127. The zero-order valence-corrected chi connectivity index (χ0v) is 19.7. The molecule has 3 rings (SSSR count). The zero-order chi connectivity index (χ0) is 21.5. The van der Waals surface area contributed by atoms with Crippen molar-refractivity contribution in [2.24, 2.45) is 0 Å². The van der Waals surface area contributed by atoms with Gasteiger partial charge >= 0.3 is 0 Å². The van der Waals surface area contributed by atoms with Gasteiger partial charge in [-0.05, 0) is 43.7 Å². The van der Waals surface area contributed by atoms with Crippen molar-refractivity contribution in [3.63, 3.8) is 0 Å². The number of likely N-dealkylation sites (N-methyl/N-ethyl adjacent to an activating group) is 1. The SMILES string of the molecule is CCn1c(SCC(=O)N(C)CCOc2ccc(Br)cc2)nnc1-c1ccccc1C. The van der Waals surface area contributed by atoms with Gasteiger partial charge in [-0.25, -0.2) is 0 Å². The smallest absolute Gasteiger partial charge is 0.232 e. The summed E-state index contributed by atoms with van der Waals surface area (Å²) in [5.74, 6) is 1.96. The van der Waals surface area contributed by atoms with Crippen molar-refractivity contribution in [3.05, 3.63) is 58.6 Å². The van der Waals surface area contributed by atoms with Crippen molar-refractivity contribution in [1.29, 1.82) is 0 Å². The van der Waals surface area contributed by atoms with E-state index in [1.54, 1.807) is 11.9 Å². The molecule has 0 radical (unpaired) electrons. The van der Waals surface area contributed by atoms with E-state index < -0.39 is 0 Å². The fourth-order valence-corrected chi connectivity index (χ4v) is 4.10. The van der Waals surface area contributed by atoms with Crippen LogP contribution in [0.1, 0.15) is 12.5 Å². The van der Waals surface area contributed by atoms with E-state index in [1.165, 1.54) is 11.8 Å². The first-order valence-corrected chi connectivity index (χ1v) is 11.5. The number of amides is 1. The number of benzene rings is 2. The molecule has 0 aliphatic rings. The quantitative estimate of drug-likeness (QED) is 0.409. The molecule has 0 atom stereocenters. The van der Waals surface area contributed by atoms with Gasteiger partial charge in [0.15, 0.2) is 11.0 Å². The average Bonchev–Trinajstić information content (AvgIpc) is 3.16. The van der Waals surface area contributed by atoms with Crippen LogP contribution in [0.15, 0.2) is 58.2 Å². The summed E-state index contributed by atoms with van der Waals surface area (Å²) in [6.45, 7) is 5.82. The lowest BCUT2D eigenvalue weighted by atomic mass is 10.1. The number of rotatable bonds is 9. The highest BCUT2D eigenvalue weighted by molar-refractivity contribution is 9.10. The molecule has 30 heavy (non-hydrogen) atoms. The van der Waals surface area contributed by atoms with Gasteiger partial charge in [0.05, 0.1) is 12.3 Å². The number of thioether (sulfide) groups is 1. The van der Waals surface area contributed by atoms with Crippen molar-refractivity contribution in [2.75, 3.05) is 26.0 Å². The lowest BCUT2D eigenvalue weighted by Gasteiger charge is -2.17. The third kappa shape index (κ3) is 5.64. The predicted octanol–water partition coefficient (Wildman–Crippen LogP) is 4.67. The largest absolute Gasteiger partial charge is 0.492 e. The van der Waals surface area contributed by atoms with Crippen LogP contribution in [0.25, 0.3) is 11.4 Å². The standard InChI is InChI=1S/C22H25BrN4O2S/c1-4-27-21(19-8-6-5-7-16(19)2)24-25-22(27)30-15-20(28)26(3)13-14-29-18-11-9-17(23)10-12-18/h5-12H,4,13-15H2,1-3H3. The van der Waals surface area contributed by atoms with E-state index >= 15 is 0 Å². The minimum absolute atomic E-state index is 0.0301. The molecule has 2 aromatic carbocycles. The van der Waals surface area contributed by atoms with Crippen molar-refractivity contribution < 1.29 is 9.53 Å². The number of hydrogen-bond donors (Lipinski definition) is 0. The third-order valence-corrected chi connectivity index (χ3v) is 6.16. The molecule has 0 unspecified atom stereocenters. The van der Waals surface area contributed by atoms with Gasteiger partial charge in [-0.1, -0.05) is 52.0 Å². The minimum atomic E-state index is 0.0301. The van der Waals surface area contributed by atoms with Crippen molar-refractivity contribution in [1.82, 2.24) is 19.7 Å². The maximum Gasteiger partial charge on any atom is 0.232 e. The summed E-state index contributed by atoms with van der Waals surface area (Å²) in [4.78, 5) is 14.2. The Kier molecular flexibility index (Phi) is 7.93. The Morgan fingerprint density at radius 2 is 1.90 bits per heavy atom. The molecule has 0 spiro atoms. The second-order valence-electron chi connectivity index (χ2n) is 6.77. The molecule has 1 heterocycles. The van der Waals surface area contributed by atoms with Gasteiger partial charge in [0.1, 0.15) is 12.4 Å². The monoisotopic (exact) mass is 488 g/mol. The van der Waals surface area contributed by atoms with Crippen LogP contribution in [0.3, 0.4) is 0 Å². The number of nitrogens with zero attached hydrogens (tertiary/aromatic N) is 4. The molecule has 1 aromatic heterocycles. The van der Waals surface area contributed by atoms with Crippen LogP contribution in [0.2, 0.25) is 0 Å². The molecule has 158 valence electrons. The van der Waals surface area contributed by atoms with E-state index in [-0.39, 0.29) is 5.91 Å². The van der Waals surface area contributed by atoms with Crippen LogP contribution >= 0.6 is 27.7 Å². The first-order chi connectivity index (χ1) is 14.5. The van der Waals surface area contributed by atoms with Gasteiger partial charge in [0.2, 0.25) is 5.91 Å². The molecule has 0 aliphatic carbocycles. The summed E-state index contributed by atoms with van der Waals surface area (Å²) in [6, 6.07) is 15.8. The van der Waals surface area contributed by atoms with Crippen LogP contribution in [-0.4, -0.2) is 51.5 Å². The van der Waals surface area contributed by atoms with Crippen LogP contribution < -0.4 is 4.74 Å². The normalized spacial score (nSPS) is 10.8. The van der Waals surface area contributed by atoms with Crippen LogP contribution in [0.5, 0.6) is 5.75 Å². The molecule has 0 aliphatic heterocycles. The van der Waals surface area contributed by atoms with Gasteiger partial charge in [-0.3, -0.25) is 4.79 Å². The van der Waals surface area contributed by atoms with Crippen LogP contribution in [0, 0.1) is 6.92 Å². The fraction of sp³-hybridized carbons (Fsp3) is 0.318. The van der Waals surface area contributed by atoms with Gasteiger partial charge in [-0.2, -0.15) is 0 Å². The van der Waals surface area contributed by atoms with Gasteiger partial charge < -0.3 is 14.2 Å². The highest BCUT2D eigenvalue weighted by Gasteiger charge is 2.17. The Morgan fingerprint density at radius 1 is 1.17 bits per heavy atom. The first kappa shape index (κ1) is 22.4. The van der Waals surface area contributed by atoms with E-state index in [1.807, 2.05) is 42.5 Å². The molecule has 0 saturated carbocycles. The summed E-state index contributed by atoms with van der Waals surface area (Å²) in [6.07, 6.45) is 0. The lowest BCUT2D eigenvalue weighted by Crippen LogP contribution is -2.32. The number of hydrogen-bond acceptors (Lipinski definition) is 5. The maximum absolute atomic E-state index is 12.5. The molecule has 6 nitrogen and oxygen atoms in total. The number of ether oxygens (including phenoxy) is 1. The first-order valence-electron chi connectivity index (χ1n) is 9.74. The molecule has 8 heteroatoms. The molecule has 0 saturated heterocycles. The van der Waals surface area contributed by atoms with Gasteiger partial charge in [0, 0.05) is 23.6 Å². The second kappa shape index (κ2) is 10.6. The molecular formula is C22H25BrN4O2S. The summed E-state index contributed by atoms with van der Waals surface area (Å²) < 4.78 is 8.75. The number of aryl methyl sites for hydroxylation is 1. The van der Waals surface area contributed by atoms with Crippen molar-refractivity contribution >= 4 is 33.6 Å². The second-order valence-corrected chi connectivity index (χ2v) is 8.63. The number of halogens is 1. The highest BCUT2D eigenvalue weighted by Crippen LogP contribution is 2.26. The summed E-state index contributed by atoms with van der Waals surface area (Å²) >= 11 is 4.81. The molecular weight excluding hydrogens is 464 g/mol. The fourth-order valence-electron chi connectivity index (χ4n) is 2.90. The molecule has 0 fully saturated rings. The van der Waals surface area contributed by atoms with E-state index in [2.05, 4.69) is 50.6 Å². The van der Waals surface area contributed by atoms with Crippen LogP contribution in [-0.2, 0) is 11.3 Å². The Bertz CT molecular complexity index is 991.